The van der Waals surface area contributed by atoms with E-state index in [0.29, 0.717) is 12.1 Å². The molecule has 1 heterocycles. The maximum Gasteiger partial charge on any atom is 0.330 e. The van der Waals surface area contributed by atoms with Crippen molar-refractivity contribution in [3.05, 3.63) is 58.0 Å². The number of esters is 1. The summed E-state index contributed by atoms with van der Waals surface area (Å²) < 4.78 is 18.3. The summed E-state index contributed by atoms with van der Waals surface area (Å²) in [4.78, 5) is 13.2. The van der Waals surface area contributed by atoms with E-state index in [4.69, 9.17) is 4.74 Å². The Morgan fingerprint density at radius 3 is 2.80 bits per heavy atom. The molecule has 1 unspecified atom stereocenters. The van der Waals surface area contributed by atoms with E-state index in [0.717, 1.165) is 4.88 Å². The molecule has 1 N–H and O–H groups in total. The van der Waals surface area contributed by atoms with Gasteiger partial charge < -0.3 is 4.74 Å². The number of hydrogen-bond acceptors (Lipinski definition) is 4. The summed E-state index contributed by atoms with van der Waals surface area (Å²) in [6.45, 7) is 2.21. The molecule has 1 aromatic carbocycles. The lowest BCUT2D eigenvalue weighted by Gasteiger charge is -2.28. The van der Waals surface area contributed by atoms with Crippen molar-refractivity contribution >= 4 is 17.3 Å². The van der Waals surface area contributed by atoms with Crippen LogP contribution < -0.4 is 5.32 Å². The predicted octanol–water partition coefficient (Wildman–Crippen LogP) is 3.07. The molecular weight excluding hydrogens is 277 g/mol. The average molecular weight is 293 g/mol. The lowest BCUT2D eigenvalue weighted by atomic mass is 9.92. The first-order valence-electron chi connectivity index (χ1n) is 6.18. The molecule has 3 nitrogen and oxygen atoms in total. The summed E-state index contributed by atoms with van der Waals surface area (Å²) in [5.74, 6) is -0.824. The molecule has 0 aliphatic heterocycles. The fourth-order valence-corrected chi connectivity index (χ4v) is 2.62. The number of methoxy groups -OCH3 is 1. The van der Waals surface area contributed by atoms with Gasteiger partial charge in [0.15, 0.2) is 0 Å². The van der Waals surface area contributed by atoms with Crippen molar-refractivity contribution in [2.24, 2.45) is 0 Å². The Hall–Kier alpha value is -1.72. The molecule has 0 aliphatic rings. The molecule has 1 aromatic heterocycles. The van der Waals surface area contributed by atoms with Crippen molar-refractivity contribution in [2.75, 3.05) is 7.11 Å². The summed E-state index contributed by atoms with van der Waals surface area (Å²) >= 11 is 1.59. The summed E-state index contributed by atoms with van der Waals surface area (Å²) in [5, 5.41) is 5.13. The Morgan fingerprint density at radius 1 is 1.40 bits per heavy atom. The fourth-order valence-electron chi connectivity index (χ4n) is 1.97. The SMILES string of the molecule is COC(=O)C(C)(NCc1cccs1)c1cccc(F)c1. The normalized spacial score (nSPS) is 13.8. The number of hydrogen-bond donors (Lipinski definition) is 1. The molecule has 0 bridgehead atoms. The number of rotatable bonds is 5. The first-order valence-corrected chi connectivity index (χ1v) is 7.06. The van der Waals surface area contributed by atoms with Gasteiger partial charge in [-0.3, -0.25) is 5.32 Å². The van der Waals surface area contributed by atoms with Gasteiger partial charge in [-0.15, -0.1) is 11.3 Å². The van der Waals surface area contributed by atoms with E-state index in [2.05, 4.69) is 5.32 Å². The first-order chi connectivity index (χ1) is 9.56. The Kier molecular flexibility index (Phi) is 4.52. The zero-order valence-electron chi connectivity index (χ0n) is 11.4. The van der Waals surface area contributed by atoms with Gasteiger partial charge in [0.25, 0.3) is 0 Å². The molecule has 0 amide bonds. The number of carbonyl (C=O) groups is 1. The van der Waals surface area contributed by atoms with Gasteiger partial charge in [0.2, 0.25) is 0 Å². The second-order valence-corrected chi connectivity index (χ2v) is 5.59. The van der Waals surface area contributed by atoms with Crippen molar-refractivity contribution in [3.8, 4) is 0 Å². The van der Waals surface area contributed by atoms with E-state index >= 15 is 0 Å². The Bertz CT molecular complexity index is 585. The molecule has 0 saturated carbocycles. The third-order valence-electron chi connectivity index (χ3n) is 3.19. The Labute approximate surface area is 121 Å². The van der Waals surface area contributed by atoms with Gasteiger partial charge in [0.1, 0.15) is 11.4 Å². The van der Waals surface area contributed by atoms with Crippen molar-refractivity contribution in [2.45, 2.75) is 19.0 Å². The van der Waals surface area contributed by atoms with E-state index in [-0.39, 0.29) is 5.82 Å². The Morgan fingerprint density at radius 2 is 2.20 bits per heavy atom. The minimum atomic E-state index is -1.08. The van der Waals surface area contributed by atoms with Gasteiger partial charge in [-0.1, -0.05) is 18.2 Å². The Balaban J connectivity index is 2.27. The largest absolute Gasteiger partial charge is 0.467 e. The standard InChI is InChI=1S/C15H16FNO2S/c1-15(14(18)19-2,11-5-3-6-12(16)9-11)17-10-13-7-4-8-20-13/h3-9,17H,10H2,1-2H3. The van der Waals surface area contributed by atoms with E-state index in [1.54, 1.807) is 30.4 Å². The minimum absolute atomic E-state index is 0.379. The smallest absolute Gasteiger partial charge is 0.330 e. The number of carbonyl (C=O) groups excluding carboxylic acids is 1. The average Bonchev–Trinajstić information content (AvgIpc) is 2.97. The molecule has 2 rings (SSSR count). The van der Waals surface area contributed by atoms with Gasteiger partial charge >= 0.3 is 5.97 Å². The van der Waals surface area contributed by atoms with Crippen LogP contribution in [0.3, 0.4) is 0 Å². The van der Waals surface area contributed by atoms with Crippen LogP contribution in [0.25, 0.3) is 0 Å². The van der Waals surface area contributed by atoms with Crippen LogP contribution in [0.2, 0.25) is 0 Å². The quantitative estimate of drug-likeness (QED) is 0.861. The minimum Gasteiger partial charge on any atom is -0.467 e. The summed E-state index contributed by atoms with van der Waals surface area (Å²) in [7, 11) is 1.33. The van der Waals surface area contributed by atoms with Crippen molar-refractivity contribution in [3.63, 3.8) is 0 Å². The third kappa shape index (κ3) is 3.05. The first kappa shape index (κ1) is 14.7. The number of benzene rings is 1. The molecule has 0 fully saturated rings. The van der Waals surface area contributed by atoms with Crippen LogP contribution in [0.15, 0.2) is 41.8 Å². The van der Waals surface area contributed by atoms with Crippen LogP contribution in [0.4, 0.5) is 4.39 Å². The van der Waals surface area contributed by atoms with Gasteiger partial charge in [-0.25, -0.2) is 9.18 Å². The van der Waals surface area contributed by atoms with Crippen molar-refractivity contribution < 1.29 is 13.9 Å². The van der Waals surface area contributed by atoms with Gasteiger partial charge in [-0.05, 0) is 36.1 Å². The molecule has 5 heteroatoms. The maximum absolute atomic E-state index is 13.4. The van der Waals surface area contributed by atoms with E-state index in [1.165, 1.54) is 19.2 Å². The summed E-state index contributed by atoms with van der Waals surface area (Å²) in [6, 6.07) is 9.90. The lowest BCUT2D eigenvalue weighted by Crippen LogP contribution is -2.47. The van der Waals surface area contributed by atoms with Gasteiger partial charge in [0.05, 0.1) is 7.11 Å². The molecule has 0 aliphatic carbocycles. The lowest BCUT2D eigenvalue weighted by molar-refractivity contribution is -0.148. The van der Waals surface area contributed by atoms with Crippen LogP contribution in [-0.4, -0.2) is 13.1 Å². The molecule has 0 saturated heterocycles. The van der Waals surface area contributed by atoms with Crippen LogP contribution >= 0.6 is 11.3 Å². The van der Waals surface area contributed by atoms with Crippen LogP contribution in [0.5, 0.6) is 0 Å². The third-order valence-corrected chi connectivity index (χ3v) is 4.07. The summed E-state index contributed by atoms with van der Waals surface area (Å²) in [6.07, 6.45) is 0. The number of nitrogens with one attached hydrogen (secondary N) is 1. The van der Waals surface area contributed by atoms with Gasteiger partial charge in [-0.2, -0.15) is 0 Å². The summed E-state index contributed by atoms with van der Waals surface area (Å²) in [5.41, 5.74) is -0.540. The zero-order valence-corrected chi connectivity index (χ0v) is 12.2. The molecule has 2 aromatic rings. The number of thiophene rings is 1. The fraction of sp³-hybridized carbons (Fsp3) is 0.267. The second-order valence-electron chi connectivity index (χ2n) is 4.56. The van der Waals surface area contributed by atoms with Crippen LogP contribution in [-0.2, 0) is 21.6 Å². The molecule has 106 valence electrons. The molecule has 0 radical (unpaired) electrons. The molecule has 1 atom stereocenters. The predicted molar refractivity (Wildman–Crippen MR) is 76.9 cm³/mol. The molecule has 20 heavy (non-hydrogen) atoms. The second kappa shape index (κ2) is 6.15. The van der Waals surface area contributed by atoms with E-state index in [9.17, 15) is 9.18 Å². The van der Waals surface area contributed by atoms with Crippen LogP contribution in [0, 0.1) is 5.82 Å². The van der Waals surface area contributed by atoms with Gasteiger partial charge in [0, 0.05) is 11.4 Å². The number of ether oxygens (including phenoxy) is 1. The van der Waals surface area contributed by atoms with Crippen molar-refractivity contribution in [1.82, 2.24) is 5.32 Å². The van der Waals surface area contributed by atoms with Crippen molar-refractivity contribution in [1.29, 1.82) is 0 Å². The monoisotopic (exact) mass is 293 g/mol. The highest BCUT2D eigenvalue weighted by atomic mass is 32.1. The number of halogens is 1. The topological polar surface area (TPSA) is 38.3 Å². The maximum atomic E-state index is 13.4. The zero-order chi connectivity index (χ0) is 14.6. The highest BCUT2D eigenvalue weighted by Gasteiger charge is 2.36. The highest BCUT2D eigenvalue weighted by Crippen LogP contribution is 2.24. The molecular formula is C15H16FNO2S. The van der Waals surface area contributed by atoms with E-state index in [1.807, 2.05) is 17.5 Å². The highest BCUT2D eigenvalue weighted by molar-refractivity contribution is 7.09. The van der Waals surface area contributed by atoms with E-state index < -0.39 is 11.5 Å². The van der Waals surface area contributed by atoms with Crippen LogP contribution in [0.1, 0.15) is 17.4 Å². The molecule has 0 spiro atoms.